The number of halogens is 2. The number of hydrogen-bond acceptors (Lipinski definition) is 1. The Bertz CT molecular complexity index is 1610. The monoisotopic (exact) mass is 630 g/mol. The quantitative estimate of drug-likeness (QED) is 0.173. The van der Waals surface area contributed by atoms with Crippen molar-refractivity contribution in [2.24, 2.45) is 0 Å². The molecule has 1 aliphatic rings. The summed E-state index contributed by atoms with van der Waals surface area (Å²) < 4.78 is 5.74. The number of aryl methyl sites for hydroxylation is 4. The molecule has 4 atom stereocenters. The van der Waals surface area contributed by atoms with Crippen molar-refractivity contribution in [1.29, 1.82) is 0 Å². The summed E-state index contributed by atoms with van der Waals surface area (Å²) in [7, 11) is 0. The Morgan fingerprint density at radius 1 is 0.486 bits per heavy atom. The zero-order valence-corrected chi connectivity index (χ0v) is 25.3. The van der Waals surface area contributed by atoms with Gasteiger partial charge in [-0.1, -0.05) is 78.4 Å². The molecule has 186 valence electrons. The Kier molecular flexibility index (Phi) is 5.58. The predicted octanol–water partition coefficient (Wildman–Crippen LogP) is 10.1. The van der Waals surface area contributed by atoms with Gasteiger partial charge in [0, 0.05) is 43.6 Å². The molecule has 0 radical (unpaired) electrons. The molecule has 2 aromatic heterocycles. The zero-order valence-electron chi connectivity index (χ0n) is 21.3. The van der Waals surface area contributed by atoms with Crippen molar-refractivity contribution in [2.75, 3.05) is 0 Å². The third-order valence-electron chi connectivity index (χ3n) is 7.97. The highest BCUT2D eigenvalue weighted by molar-refractivity contribution is 9.13. The number of rotatable bonds is 2. The number of benzene rings is 4. The van der Waals surface area contributed by atoms with Crippen LogP contribution < -0.4 is 0 Å². The van der Waals surface area contributed by atoms with Crippen molar-refractivity contribution in [3.63, 3.8) is 0 Å². The van der Waals surface area contributed by atoms with Gasteiger partial charge in [-0.3, -0.25) is 0 Å². The molecule has 37 heavy (non-hydrogen) atoms. The standard InChI is InChI=1S/C32H28Br2N2S/c1-17-5-9-25-21(13-17)22-14-18(2)6-10-26(22)35(25)29-30(32(34)37-31(29)33)36-27-11-7-19(3)15-23(27)24-16-20(4)8-12-28(24)36/h5-16,29-32H,1-4H3. The number of aromatic nitrogens is 2. The van der Waals surface area contributed by atoms with E-state index in [0.717, 1.165) is 0 Å². The van der Waals surface area contributed by atoms with Crippen LogP contribution >= 0.6 is 43.6 Å². The van der Waals surface area contributed by atoms with Crippen molar-refractivity contribution in [1.82, 2.24) is 9.13 Å². The van der Waals surface area contributed by atoms with Gasteiger partial charge in [0.15, 0.2) is 0 Å². The molecule has 1 fully saturated rings. The Morgan fingerprint density at radius 3 is 1.03 bits per heavy atom. The average molecular weight is 632 g/mol. The van der Waals surface area contributed by atoms with Crippen LogP contribution in [0.25, 0.3) is 43.6 Å². The van der Waals surface area contributed by atoms with Crippen molar-refractivity contribution in [2.45, 2.75) is 48.1 Å². The van der Waals surface area contributed by atoms with Gasteiger partial charge >= 0.3 is 0 Å². The van der Waals surface area contributed by atoms with E-state index in [1.807, 2.05) is 11.8 Å². The first-order valence-electron chi connectivity index (χ1n) is 12.8. The Hall–Kier alpha value is -2.21. The molecule has 1 saturated heterocycles. The maximum atomic E-state index is 4.14. The lowest BCUT2D eigenvalue weighted by atomic mass is 10.1. The van der Waals surface area contributed by atoms with E-state index in [1.165, 1.54) is 65.9 Å². The highest BCUT2D eigenvalue weighted by atomic mass is 79.9. The summed E-state index contributed by atoms with van der Waals surface area (Å²) in [6.45, 7) is 8.76. The summed E-state index contributed by atoms with van der Waals surface area (Å²) in [6.07, 6.45) is 0. The molecule has 4 aromatic carbocycles. The summed E-state index contributed by atoms with van der Waals surface area (Å²) in [5.74, 6) is 0. The first-order chi connectivity index (χ1) is 17.8. The predicted molar refractivity (Wildman–Crippen MR) is 169 cm³/mol. The van der Waals surface area contributed by atoms with Crippen molar-refractivity contribution in [3.8, 4) is 0 Å². The van der Waals surface area contributed by atoms with Gasteiger partial charge in [0.05, 0.1) is 20.4 Å². The number of nitrogens with zero attached hydrogens (tertiary/aromatic N) is 2. The molecule has 0 N–H and O–H groups in total. The smallest absolute Gasteiger partial charge is 0.0840 e. The lowest BCUT2D eigenvalue weighted by Crippen LogP contribution is -2.25. The summed E-state index contributed by atoms with van der Waals surface area (Å²) in [4.78, 5) is 0. The van der Waals surface area contributed by atoms with Gasteiger partial charge in [0.2, 0.25) is 0 Å². The second kappa shape index (κ2) is 8.65. The average Bonchev–Trinajstić information content (AvgIpc) is 3.44. The van der Waals surface area contributed by atoms with Gasteiger partial charge in [0.25, 0.3) is 0 Å². The van der Waals surface area contributed by atoms with Gasteiger partial charge in [-0.15, -0.1) is 11.8 Å². The minimum Gasteiger partial charge on any atom is -0.333 e. The normalized spacial score (nSPS) is 22.2. The Labute approximate surface area is 238 Å². The van der Waals surface area contributed by atoms with Crippen molar-refractivity contribution >= 4 is 87.2 Å². The van der Waals surface area contributed by atoms with Gasteiger partial charge < -0.3 is 9.13 Å². The number of fused-ring (bicyclic) bond motifs is 6. The van der Waals surface area contributed by atoms with Crippen LogP contribution in [-0.2, 0) is 0 Å². The van der Waals surface area contributed by atoms with Crippen LogP contribution in [0.2, 0.25) is 0 Å². The molecule has 0 saturated carbocycles. The van der Waals surface area contributed by atoms with E-state index in [-0.39, 0.29) is 20.4 Å². The molecular formula is C32H28Br2N2S. The molecule has 0 bridgehead atoms. The van der Waals surface area contributed by atoms with E-state index in [1.54, 1.807) is 0 Å². The molecular weight excluding hydrogens is 604 g/mol. The highest BCUT2D eigenvalue weighted by Gasteiger charge is 2.46. The van der Waals surface area contributed by atoms with Crippen LogP contribution in [-0.4, -0.2) is 17.5 Å². The molecule has 1 aliphatic heterocycles. The third-order valence-corrected chi connectivity index (χ3v) is 11.4. The van der Waals surface area contributed by atoms with Gasteiger partial charge in [0.1, 0.15) is 0 Å². The van der Waals surface area contributed by atoms with E-state index >= 15 is 0 Å². The molecule has 2 nitrogen and oxygen atoms in total. The largest absolute Gasteiger partial charge is 0.333 e. The summed E-state index contributed by atoms with van der Waals surface area (Å²) >= 11 is 10.3. The Morgan fingerprint density at radius 2 is 0.757 bits per heavy atom. The molecule has 0 spiro atoms. The minimum atomic E-state index is 0.209. The van der Waals surface area contributed by atoms with Crippen LogP contribution in [0.3, 0.4) is 0 Å². The highest BCUT2D eigenvalue weighted by Crippen LogP contribution is 2.57. The molecule has 6 aromatic rings. The molecule has 4 unspecified atom stereocenters. The molecule has 5 heteroatoms. The first kappa shape index (κ1) is 23.9. The van der Waals surface area contributed by atoms with Gasteiger partial charge in [-0.05, 0) is 76.2 Å². The van der Waals surface area contributed by atoms with Crippen LogP contribution in [0.5, 0.6) is 0 Å². The second-order valence-corrected chi connectivity index (χ2v) is 15.1. The number of thioether (sulfide) groups is 1. The summed E-state index contributed by atoms with van der Waals surface area (Å²) in [5, 5.41) is 5.37. The van der Waals surface area contributed by atoms with E-state index in [2.05, 4.69) is 141 Å². The second-order valence-electron chi connectivity index (χ2n) is 10.6. The molecule has 0 aliphatic carbocycles. The van der Waals surface area contributed by atoms with E-state index in [9.17, 15) is 0 Å². The zero-order chi connectivity index (χ0) is 25.6. The molecule has 7 rings (SSSR count). The first-order valence-corrected chi connectivity index (χ1v) is 15.5. The van der Waals surface area contributed by atoms with Crippen LogP contribution in [0.15, 0.2) is 72.8 Å². The topological polar surface area (TPSA) is 9.86 Å². The number of hydrogen-bond donors (Lipinski definition) is 0. The lowest BCUT2D eigenvalue weighted by Gasteiger charge is -2.29. The SMILES string of the molecule is Cc1ccc2c(c1)c1cc(C)ccc1n2C1C(Br)SC(Br)C1n1c2ccc(C)cc2c2cc(C)ccc21. The Balaban J connectivity index is 1.57. The van der Waals surface area contributed by atoms with E-state index in [4.69, 9.17) is 0 Å². The maximum Gasteiger partial charge on any atom is 0.0840 e. The minimum absolute atomic E-state index is 0.209. The third kappa shape index (κ3) is 3.57. The van der Waals surface area contributed by atoms with Crippen LogP contribution in [0.4, 0.5) is 0 Å². The fourth-order valence-corrected chi connectivity index (χ4v) is 10.8. The fourth-order valence-electron chi connectivity index (χ4n) is 6.34. The van der Waals surface area contributed by atoms with Crippen molar-refractivity contribution in [3.05, 3.63) is 95.1 Å². The van der Waals surface area contributed by atoms with E-state index in [0.29, 0.717) is 0 Å². The fraction of sp³-hybridized carbons (Fsp3) is 0.250. The summed E-state index contributed by atoms with van der Waals surface area (Å²) in [6, 6.07) is 28.1. The van der Waals surface area contributed by atoms with Gasteiger partial charge in [-0.25, -0.2) is 0 Å². The van der Waals surface area contributed by atoms with E-state index < -0.39 is 0 Å². The molecule has 3 heterocycles. The van der Waals surface area contributed by atoms with Gasteiger partial charge in [-0.2, -0.15) is 0 Å². The summed E-state index contributed by atoms with van der Waals surface area (Å²) in [5.41, 5.74) is 10.4. The molecule has 0 amide bonds. The maximum absolute atomic E-state index is 4.14. The number of alkyl halides is 2. The van der Waals surface area contributed by atoms with Crippen LogP contribution in [0, 0.1) is 27.7 Å². The van der Waals surface area contributed by atoms with Crippen molar-refractivity contribution < 1.29 is 0 Å². The lowest BCUT2D eigenvalue weighted by molar-refractivity contribution is 0.418. The van der Waals surface area contributed by atoms with Crippen LogP contribution in [0.1, 0.15) is 34.3 Å².